The molecule has 9 nitrogen and oxygen atoms in total. The summed E-state index contributed by atoms with van der Waals surface area (Å²) in [5, 5.41) is 4.51. The first-order chi connectivity index (χ1) is 15.2. The third kappa shape index (κ3) is 7.03. The molecule has 0 unspecified atom stereocenters. The molecular weight excluding hydrogens is 412 g/mol. The van der Waals surface area contributed by atoms with Crippen molar-refractivity contribution >= 4 is 5.97 Å². The van der Waals surface area contributed by atoms with E-state index in [0.29, 0.717) is 5.75 Å². The number of aromatic nitrogens is 2. The van der Waals surface area contributed by atoms with E-state index in [2.05, 4.69) is 18.3 Å². The molecule has 1 fully saturated rings. The highest BCUT2D eigenvalue weighted by atomic mass is 16.7. The van der Waals surface area contributed by atoms with E-state index in [9.17, 15) is 4.79 Å². The molecule has 2 N–H and O–H groups in total. The van der Waals surface area contributed by atoms with Crippen LogP contribution < -0.4 is 10.6 Å². The van der Waals surface area contributed by atoms with Crippen molar-refractivity contribution in [3.05, 3.63) is 36.7 Å². The summed E-state index contributed by atoms with van der Waals surface area (Å²) in [6, 6.07) is 7.60. The summed E-state index contributed by atoms with van der Waals surface area (Å²) in [5.41, 5.74) is 1.45. The number of nitrogens with two attached hydrogens (primary N) is 1. The summed E-state index contributed by atoms with van der Waals surface area (Å²) >= 11 is 0. The van der Waals surface area contributed by atoms with Gasteiger partial charge in [0.25, 0.3) is 0 Å². The lowest BCUT2D eigenvalue weighted by atomic mass is 10.1. The molecule has 0 aliphatic carbocycles. The van der Waals surface area contributed by atoms with Gasteiger partial charge in [0.1, 0.15) is 31.0 Å². The Morgan fingerprint density at radius 1 is 1.22 bits per heavy atom. The van der Waals surface area contributed by atoms with Crippen molar-refractivity contribution in [1.29, 1.82) is 0 Å². The lowest BCUT2D eigenvalue weighted by molar-refractivity contribution is -0.917. The van der Waals surface area contributed by atoms with Gasteiger partial charge in [-0.3, -0.25) is 9.52 Å². The first-order valence-electron chi connectivity index (χ1n) is 10.9. The molecule has 1 saturated heterocycles. The molecular formula is C23H35N4O5+. The van der Waals surface area contributed by atoms with Crippen LogP contribution >= 0.6 is 0 Å². The maximum atomic E-state index is 12.1. The number of carbonyl (C=O) groups is 1. The lowest BCUT2D eigenvalue weighted by Crippen LogP contribution is -2.53. The van der Waals surface area contributed by atoms with E-state index >= 15 is 0 Å². The fourth-order valence-electron chi connectivity index (χ4n) is 3.43. The van der Waals surface area contributed by atoms with Gasteiger partial charge in [-0.2, -0.15) is 5.10 Å². The molecule has 1 aliphatic rings. The summed E-state index contributed by atoms with van der Waals surface area (Å²) < 4.78 is 19.4. The van der Waals surface area contributed by atoms with Gasteiger partial charge in [-0.1, -0.05) is 12.1 Å². The van der Waals surface area contributed by atoms with Crippen molar-refractivity contribution < 1.29 is 28.3 Å². The normalized spacial score (nSPS) is 17.0. The standard InChI is InChI=1S/C23H35N4O5/c1-23(2,3)31-22(28)21(32-24)17-30-20-7-5-18(6-8-20)19-15-25-26(16-19)9-10-27(4)11-13-29-14-12-27/h5-8,15-16,21H,9-14,17,24H2,1-4H3/q+1/t21-/m0/s1. The number of ether oxygens (including phenoxy) is 3. The molecule has 3 rings (SSSR count). The van der Waals surface area contributed by atoms with Crippen LogP contribution in [0.15, 0.2) is 36.7 Å². The summed E-state index contributed by atoms with van der Waals surface area (Å²) in [7, 11) is 2.27. The van der Waals surface area contributed by atoms with Crippen molar-refractivity contribution in [2.75, 3.05) is 46.5 Å². The molecule has 0 radical (unpaired) electrons. The third-order valence-electron chi connectivity index (χ3n) is 5.48. The number of likely N-dealkylation sites (N-methyl/N-ethyl adjacent to an activating group) is 1. The summed E-state index contributed by atoms with van der Waals surface area (Å²) in [6.45, 7) is 10.9. The Labute approximate surface area is 189 Å². The van der Waals surface area contributed by atoms with Gasteiger partial charge in [0, 0.05) is 11.8 Å². The quantitative estimate of drug-likeness (QED) is 0.357. The van der Waals surface area contributed by atoms with Crippen molar-refractivity contribution in [2.45, 2.75) is 39.0 Å². The lowest BCUT2D eigenvalue weighted by Gasteiger charge is -2.37. The van der Waals surface area contributed by atoms with Crippen LogP contribution in [0, 0.1) is 0 Å². The largest absolute Gasteiger partial charge is 0.490 e. The number of rotatable bonds is 9. The van der Waals surface area contributed by atoms with Crippen LogP contribution in [0.1, 0.15) is 20.8 Å². The average molecular weight is 448 g/mol. The van der Waals surface area contributed by atoms with Crippen LogP contribution in [-0.4, -0.2) is 78.4 Å². The molecule has 2 aromatic rings. The molecule has 0 amide bonds. The van der Waals surface area contributed by atoms with Gasteiger partial charge in [-0.05, 0) is 38.5 Å². The Balaban J connectivity index is 1.52. The fourth-order valence-corrected chi connectivity index (χ4v) is 3.43. The van der Waals surface area contributed by atoms with Gasteiger partial charge < -0.3 is 18.7 Å². The van der Waals surface area contributed by atoms with E-state index in [1.807, 2.05) is 35.1 Å². The number of benzene rings is 1. The first-order valence-corrected chi connectivity index (χ1v) is 10.9. The smallest absolute Gasteiger partial charge is 0.341 e. The number of nitrogens with zero attached hydrogens (tertiary/aromatic N) is 3. The zero-order valence-corrected chi connectivity index (χ0v) is 19.5. The highest BCUT2D eigenvalue weighted by Gasteiger charge is 2.27. The molecule has 1 aromatic carbocycles. The number of carbonyl (C=O) groups excluding carboxylic acids is 1. The number of hydrogen-bond acceptors (Lipinski definition) is 7. The fraction of sp³-hybridized carbons (Fsp3) is 0.565. The van der Waals surface area contributed by atoms with Crippen molar-refractivity contribution in [2.24, 2.45) is 5.90 Å². The molecule has 2 heterocycles. The zero-order valence-electron chi connectivity index (χ0n) is 19.5. The number of quaternary nitrogens is 1. The second-order valence-corrected chi connectivity index (χ2v) is 9.39. The molecule has 0 saturated carbocycles. The topological polar surface area (TPSA) is 97.8 Å². The summed E-state index contributed by atoms with van der Waals surface area (Å²) in [5.74, 6) is 5.29. The van der Waals surface area contributed by atoms with Crippen LogP contribution in [0.25, 0.3) is 11.1 Å². The van der Waals surface area contributed by atoms with E-state index in [1.165, 1.54) is 0 Å². The van der Waals surface area contributed by atoms with Crippen LogP contribution in [0.3, 0.4) is 0 Å². The van der Waals surface area contributed by atoms with E-state index in [1.54, 1.807) is 20.8 Å². The monoisotopic (exact) mass is 447 g/mol. The molecule has 0 bridgehead atoms. The molecule has 32 heavy (non-hydrogen) atoms. The zero-order chi connectivity index (χ0) is 23.2. The summed E-state index contributed by atoms with van der Waals surface area (Å²) in [6.07, 6.45) is 2.93. The van der Waals surface area contributed by atoms with Crippen LogP contribution in [0.5, 0.6) is 5.75 Å². The van der Waals surface area contributed by atoms with Crippen molar-refractivity contribution in [1.82, 2.24) is 9.78 Å². The van der Waals surface area contributed by atoms with Gasteiger partial charge in [0.05, 0.1) is 39.5 Å². The Morgan fingerprint density at radius 2 is 1.91 bits per heavy atom. The average Bonchev–Trinajstić information content (AvgIpc) is 3.22. The first kappa shape index (κ1) is 24.2. The maximum Gasteiger partial charge on any atom is 0.341 e. The minimum Gasteiger partial charge on any atom is -0.490 e. The Morgan fingerprint density at radius 3 is 2.53 bits per heavy atom. The molecule has 0 spiro atoms. The molecule has 1 aromatic heterocycles. The van der Waals surface area contributed by atoms with Gasteiger partial charge in [0.15, 0.2) is 0 Å². The third-order valence-corrected chi connectivity index (χ3v) is 5.48. The van der Waals surface area contributed by atoms with Crippen LogP contribution in [0.2, 0.25) is 0 Å². The summed E-state index contributed by atoms with van der Waals surface area (Å²) in [4.78, 5) is 16.8. The Kier molecular flexibility index (Phi) is 7.89. The van der Waals surface area contributed by atoms with E-state index in [-0.39, 0.29) is 6.61 Å². The number of morpholine rings is 1. The Hall–Kier alpha value is -2.46. The number of esters is 1. The number of hydrogen-bond donors (Lipinski definition) is 1. The van der Waals surface area contributed by atoms with Crippen LogP contribution in [-0.2, 0) is 25.7 Å². The van der Waals surface area contributed by atoms with E-state index in [4.69, 9.17) is 24.9 Å². The molecule has 176 valence electrons. The molecule has 1 atom stereocenters. The molecule has 9 heteroatoms. The van der Waals surface area contributed by atoms with Gasteiger partial charge in [-0.25, -0.2) is 10.7 Å². The maximum absolute atomic E-state index is 12.1. The van der Waals surface area contributed by atoms with Crippen LogP contribution in [0.4, 0.5) is 0 Å². The molecule has 1 aliphatic heterocycles. The minimum absolute atomic E-state index is 0.0370. The SMILES string of the molecule is CC(C)(C)OC(=O)[C@H](COc1ccc(-c2cnn(CC[N+]3(C)CCOCC3)c2)cc1)ON. The highest BCUT2D eigenvalue weighted by molar-refractivity contribution is 5.75. The predicted molar refractivity (Wildman–Crippen MR) is 120 cm³/mol. The van der Waals surface area contributed by atoms with E-state index in [0.717, 1.165) is 55.0 Å². The predicted octanol–water partition coefficient (Wildman–Crippen LogP) is 2.01. The van der Waals surface area contributed by atoms with Crippen molar-refractivity contribution in [3.63, 3.8) is 0 Å². The van der Waals surface area contributed by atoms with Gasteiger partial charge in [0.2, 0.25) is 6.10 Å². The van der Waals surface area contributed by atoms with Gasteiger partial charge >= 0.3 is 5.97 Å². The second kappa shape index (κ2) is 10.4. The van der Waals surface area contributed by atoms with Crippen molar-refractivity contribution in [3.8, 4) is 16.9 Å². The minimum atomic E-state index is -0.997. The second-order valence-electron chi connectivity index (χ2n) is 9.39. The van der Waals surface area contributed by atoms with Gasteiger partial charge in [-0.15, -0.1) is 0 Å². The van der Waals surface area contributed by atoms with E-state index < -0.39 is 17.7 Å². The highest BCUT2D eigenvalue weighted by Crippen LogP contribution is 2.22. The Bertz CT molecular complexity index is 869.